The van der Waals surface area contributed by atoms with E-state index >= 15 is 0 Å². The molecule has 4 rings (SSSR count). The van der Waals surface area contributed by atoms with Gasteiger partial charge in [0.05, 0.1) is 0 Å². The second-order valence-corrected chi connectivity index (χ2v) is 8.37. The topological polar surface area (TPSA) is 110 Å². The molecule has 178 valence electrons. The highest BCUT2D eigenvalue weighted by molar-refractivity contribution is 6.00. The second-order valence-electron chi connectivity index (χ2n) is 8.37. The van der Waals surface area contributed by atoms with Crippen molar-refractivity contribution in [2.24, 2.45) is 0 Å². The number of anilines is 2. The molecule has 0 saturated carbocycles. The molecule has 0 bridgehead atoms. The summed E-state index contributed by atoms with van der Waals surface area (Å²) in [4.78, 5) is 38.2. The maximum atomic E-state index is 12.6. The summed E-state index contributed by atoms with van der Waals surface area (Å²) in [6.45, 7) is 5.13. The molecular weight excluding hydrogens is 438 g/mol. The van der Waals surface area contributed by atoms with Gasteiger partial charge in [0.25, 0.3) is 0 Å². The molecule has 1 aliphatic rings. The molecule has 1 saturated heterocycles. The van der Waals surface area contributed by atoms with Crippen LogP contribution in [0.1, 0.15) is 25.3 Å². The molecule has 0 aliphatic carbocycles. The van der Waals surface area contributed by atoms with Crippen molar-refractivity contribution in [3.05, 3.63) is 58.4 Å². The quantitative estimate of drug-likeness (QED) is 0.331. The number of carbonyl (C=O) groups excluding carboxylic acids is 2. The van der Waals surface area contributed by atoms with E-state index in [-0.39, 0.29) is 11.8 Å². The molecule has 2 amide bonds. The van der Waals surface area contributed by atoms with Gasteiger partial charge >= 0.3 is 17.6 Å². The zero-order chi connectivity index (χ0) is 24.2. The molecule has 0 radical (unpaired) electrons. The van der Waals surface area contributed by atoms with Crippen molar-refractivity contribution in [1.82, 2.24) is 4.90 Å². The molecule has 1 fully saturated rings. The predicted molar refractivity (Wildman–Crippen MR) is 129 cm³/mol. The number of rotatable bonds is 5. The number of aryl methyl sites for hydroxylation is 1. The van der Waals surface area contributed by atoms with Crippen LogP contribution in [0.4, 0.5) is 16.2 Å². The van der Waals surface area contributed by atoms with Crippen LogP contribution in [0.5, 0.6) is 11.5 Å². The van der Waals surface area contributed by atoms with Crippen LogP contribution >= 0.6 is 0 Å². The Bertz CT molecular complexity index is 1260. The summed E-state index contributed by atoms with van der Waals surface area (Å²) in [6, 6.07) is 10.9. The van der Waals surface area contributed by atoms with E-state index in [0.717, 1.165) is 31.5 Å². The number of ether oxygens (including phenoxy) is 2. The molecule has 9 heteroatoms. The monoisotopic (exact) mass is 465 g/mol. The largest absolute Gasteiger partial charge is 0.490 e. The predicted octanol–water partition coefficient (Wildman–Crippen LogP) is 4.14. The standard InChI is InChI=1S/C25H27N3O6/c1-15-22(33-20-10-12-28(3)13-11-20)9-4-17-14-21(24(30)34-23(15)17)27-25(31)26-18-5-7-19(8-6-18)32-16(2)29/h4-9,14,20H,10-13H2,1-3H3,(H2,26,27,31). The van der Waals surface area contributed by atoms with Crippen molar-refractivity contribution in [1.29, 1.82) is 0 Å². The molecule has 3 aromatic rings. The highest BCUT2D eigenvalue weighted by atomic mass is 16.5. The third-order valence-corrected chi connectivity index (χ3v) is 5.68. The lowest BCUT2D eigenvalue weighted by molar-refractivity contribution is -0.131. The van der Waals surface area contributed by atoms with Crippen LogP contribution in [0.2, 0.25) is 0 Å². The fourth-order valence-electron chi connectivity index (χ4n) is 3.86. The molecule has 0 spiro atoms. The Kier molecular flexibility index (Phi) is 6.83. The zero-order valence-electron chi connectivity index (χ0n) is 19.3. The number of nitrogens with zero attached hydrogens (tertiary/aromatic N) is 1. The Labute approximate surface area is 196 Å². The van der Waals surface area contributed by atoms with Crippen LogP contribution in [0.25, 0.3) is 11.0 Å². The number of amides is 2. The van der Waals surface area contributed by atoms with Crippen molar-refractivity contribution in [3.63, 3.8) is 0 Å². The van der Waals surface area contributed by atoms with Gasteiger partial charge in [-0.2, -0.15) is 0 Å². The van der Waals surface area contributed by atoms with E-state index in [1.165, 1.54) is 6.92 Å². The maximum absolute atomic E-state index is 12.6. The number of esters is 1. The number of nitrogens with one attached hydrogen (secondary N) is 2. The first-order valence-electron chi connectivity index (χ1n) is 11.1. The van der Waals surface area contributed by atoms with Crippen molar-refractivity contribution in [3.8, 4) is 11.5 Å². The van der Waals surface area contributed by atoms with Crippen LogP contribution in [-0.2, 0) is 4.79 Å². The van der Waals surface area contributed by atoms with Crippen LogP contribution < -0.4 is 25.7 Å². The average molecular weight is 466 g/mol. The highest BCUT2D eigenvalue weighted by Crippen LogP contribution is 2.30. The minimum Gasteiger partial charge on any atom is -0.490 e. The molecule has 2 N–H and O–H groups in total. The van der Waals surface area contributed by atoms with Gasteiger partial charge in [-0.05, 0) is 69.3 Å². The molecule has 9 nitrogen and oxygen atoms in total. The summed E-state index contributed by atoms with van der Waals surface area (Å²) in [6.07, 6.45) is 2.02. The first-order valence-corrected chi connectivity index (χ1v) is 11.1. The fraction of sp³-hybridized carbons (Fsp3) is 0.320. The Hall–Kier alpha value is -3.85. The van der Waals surface area contributed by atoms with Crippen molar-refractivity contribution < 1.29 is 23.5 Å². The van der Waals surface area contributed by atoms with E-state index < -0.39 is 17.6 Å². The number of piperidine rings is 1. The number of carbonyl (C=O) groups is 2. The first kappa shape index (κ1) is 23.3. The van der Waals surface area contributed by atoms with Gasteiger partial charge < -0.3 is 29.4 Å². The van der Waals surface area contributed by atoms with Crippen LogP contribution in [0.15, 0.2) is 51.7 Å². The second kappa shape index (κ2) is 9.96. The van der Waals surface area contributed by atoms with E-state index in [4.69, 9.17) is 13.9 Å². The average Bonchev–Trinajstić information content (AvgIpc) is 2.79. The third-order valence-electron chi connectivity index (χ3n) is 5.68. The molecule has 34 heavy (non-hydrogen) atoms. The number of likely N-dealkylation sites (tertiary alicyclic amines) is 1. The summed E-state index contributed by atoms with van der Waals surface area (Å²) in [5.74, 6) is 0.626. The van der Waals surface area contributed by atoms with Gasteiger partial charge in [-0.25, -0.2) is 9.59 Å². The van der Waals surface area contributed by atoms with E-state index in [2.05, 4.69) is 22.6 Å². The highest BCUT2D eigenvalue weighted by Gasteiger charge is 2.20. The Morgan fingerprint density at radius 2 is 1.76 bits per heavy atom. The minimum absolute atomic E-state index is 0.0184. The maximum Gasteiger partial charge on any atom is 0.360 e. The van der Waals surface area contributed by atoms with Gasteiger partial charge in [-0.15, -0.1) is 0 Å². The van der Waals surface area contributed by atoms with E-state index in [1.54, 1.807) is 30.3 Å². The zero-order valence-corrected chi connectivity index (χ0v) is 19.3. The van der Waals surface area contributed by atoms with Crippen molar-refractivity contribution in [2.75, 3.05) is 30.8 Å². The van der Waals surface area contributed by atoms with Gasteiger partial charge in [-0.3, -0.25) is 4.79 Å². The molecule has 1 aromatic heterocycles. The number of hydrogen-bond donors (Lipinski definition) is 2. The van der Waals surface area contributed by atoms with Crippen LogP contribution in [-0.4, -0.2) is 43.1 Å². The summed E-state index contributed by atoms with van der Waals surface area (Å²) in [5.41, 5.74) is 1.00. The summed E-state index contributed by atoms with van der Waals surface area (Å²) >= 11 is 0. The van der Waals surface area contributed by atoms with Gasteiger partial charge in [0.15, 0.2) is 0 Å². The van der Waals surface area contributed by atoms with Gasteiger partial charge in [0, 0.05) is 36.7 Å². The minimum atomic E-state index is -0.660. The first-order chi connectivity index (χ1) is 16.3. The fourth-order valence-corrected chi connectivity index (χ4v) is 3.86. The van der Waals surface area contributed by atoms with Gasteiger partial charge in [0.2, 0.25) is 0 Å². The summed E-state index contributed by atoms with van der Waals surface area (Å²) in [7, 11) is 2.10. The SMILES string of the molecule is CC(=O)Oc1ccc(NC(=O)Nc2cc3ccc(OC4CCN(C)CC4)c(C)c3oc2=O)cc1. The lowest BCUT2D eigenvalue weighted by Crippen LogP contribution is -2.35. The Morgan fingerprint density at radius 3 is 2.44 bits per heavy atom. The Balaban J connectivity index is 1.46. The summed E-state index contributed by atoms with van der Waals surface area (Å²) in [5, 5.41) is 5.82. The third kappa shape index (κ3) is 5.55. The number of urea groups is 1. The molecule has 0 atom stereocenters. The lowest BCUT2D eigenvalue weighted by atomic mass is 10.1. The molecular formula is C25H27N3O6. The van der Waals surface area contributed by atoms with E-state index in [9.17, 15) is 14.4 Å². The summed E-state index contributed by atoms with van der Waals surface area (Å²) < 4.78 is 16.7. The van der Waals surface area contributed by atoms with E-state index in [1.807, 2.05) is 19.1 Å². The van der Waals surface area contributed by atoms with Gasteiger partial charge in [0.1, 0.15) is 28.9 Å². The van der Waals surface area contributed by atoms with Crippen LogP contribution in [0, 0.1) is 6.92 Å². The molecule has 2 aromatic carbocycles. The number of fused-ring (bicyclic) bond motifs is 1. The normalized spacial score (nSPS) is 14.6. The molecule has 1 aliphatic heterocycles. The Morgan fingerprint density at radius 1 is 1.06 bits per heavy atom. The van der Waals surface area contributed by atoms with Crippen molar-refractivity contribution in [2.45, 2.75) is 32.8 Å². The van der Waals surface area contributed by atoms with Crippen molar-refractivity contribution >= 4 is 34.3 Å². The van der Waals surface area contributed by atoms with Crippen LogP contribution in [0.3, 0.4) is 0 Å². The molecule has 0 unspecified atom stereocenters. The smallest absolute Gasteiger partial charge is 0.360 e. The molecule has 2 heterocycles. The lowest BCUT2D eigenvalue weighted by Gasteiger charge is -2.29. The van der Waals surface area contributed by atoms with Gasteiger partial charge in [-0.1, -0.05) is 0 Å². The number of hydrogen-bond acceptors (Lipinski definition) is 7. The van der Waals surface area contributed by atoms with E-state index in [0.29, 0.717) is 28.2 Å². The number of benzene rings is 2.